The Hall–Kier alpha value is -3.80. The SMILES string of the molecule is CC(C)c1ccc2oc(-c3cccc(NC(=O)c4ccc5c(c4)OCCO5)c3)nc2c1. The van der Waals surface area contributed by atoms with Gasteiger partial charge in [0.15, 0.2) is 17.1 Å². The number of anilines is 1. The average molecular weight is 414 g/mol. The molecular formula is C25H22N2O4. The van der Waals surface area contributed by atoms with Crippen molar-refractivity contribution in [1.82, 2.24) is 4.98 Å². The summed E-state index contributed by atoms with van der Waals surface area (Å²) in [6.07, 6.45) is 0. The van der Waals surface area contributed by atoms with Crippen LogP contribution in [0.25, 0.3) is 22.6 Å². The van der Waals surface area contributed by atoms with Crippen LogP contribution in [0.3, 0.4) is 0 Å². The van der Waals surface area contributed by atoms with Gasteiger partial charge >= 0.3 is 0 Å². The van der Waals surface area contributed by atoms with Gasteiger partial charge in [0, 0.05) is 16.8 Å². The highest BCUT2D eigenvalue weighted by molar-refractivity contribution is 6.05. The van der Waals surface area contributed by atoms with Gasteiger partial charge in [-0.05, 0) is 60.0 Å². The minimum absolute atomic E-state index is 0.228. The number of oxazole rings is 1. The second kappa shape index (κ2) is 7.80. The number of rotatable bonds is 4. The van der Waals surface area contributed by atoms with E-state index in [9.17, 15) is 4.79 Å². The lowest BCUT2D eigenvalue weighted by atomic mass is 10.0. The molecule has 0 spiro atoms. The maximum absolute atomic E-state index is 12.7. The summed E-state index contributed by atoms with van der Waals surface area (Å²) in [4.78, 5) is 17.4. The number of hydrogen-bond acceptors (Lipinski definition) is 5. The highest BCUT2D eigenvalue weighted by Crippen LogP contribution is 2.31. The molecule has 1 aliphatic rings. The second-order valence-electron chi connectivity index (χ2n) is 7.79. The first kappa shape index (κ1) is 19.2. The van der Waals surface area contributed by atoms with E-state index in [-0.39, 0.29) is 5.91 Å². The van der Waals surface area contributed by atoms with E-state index in [1.165, 1.54) is 5.56 Å². The molecule has 0 aliphatic carbocycles. The zero-order chi connectivity index (χ0) is 21.4. The molecule has 3 aromatic carbocycles. The molecule has 0 bridgehead atoms. The predicted molar refractivity (Wildman–Crippen MR) is 119 cm³/mol. The van der Waals surface area contributed by atoms with Crippen molar-refractivity contribution in [3.05, 3.63) is 71.8 Å². The van der Waals surface area contributed by atoms with E-state index < -0.39 is 0 Å². The van der Waals surface area contributed by atoms with E-state index in [1.54, 1.807) is 18.2 Å². The number of ether oxygens (including phenoxy) is 2. The number of carbonyl (C=O) groups excluding carboxylic acids is 1. The van der Waals surface area contributed by atoms with E-state index in [1.807, 2.05) is 30.3 Å². The lowest BCUT2D eigenvalue weighted by molar-refractivity contribution is 0.102. The number of amides is 1. The third-order valence-electron chi connectivity index (χ3n) is 5.25. The van der Waals surface area contributed by atoms with Gasteiger partial charge in [-0.1, -0.05) is 26.0 Å². The van der Waals surface area contributed by atoms with Crippen LogP contribution in [0.4, 0.5) is 5.69 Å². The fraction of sp³-hybridized carbons (Fsp3) is 0.200. The Morgan fingerprint density at radius 2 is 1.81 bits per heavy atom. The van der Waals surface area contributed by atoms with E-state index >= 15 is 0 Å². The van der Waals surface area contributed by atoms with Crippen molar-refractivity contribution in [3.63, 3.8) is 0 Å². The summed E-state index contributed by atoms with van der Waals surface area (Å²) in [5, 5.41) is 2.93. The Bertz CT molecular complexity index is 1280. The third-order valence-corrected chi connectivity index (χ3v) is 5.25. The minimum Gasteiger partial charge on any atom is -0.486 e. The van der Waals surface area contributed by atoms with E-state index in [2.05, 4.69) is 36.3 Å². The zero-order valence-corrected chi connectivity index (χ0v) is 17.3. The minimum atomic E-state index is -0.228. The maximum Gasteiger partial charge on any atom is 0.255 e. The van der Waals surface area contributed by atoms with Crippen molar-refractivity contribution in [3.8, 4) is 23.0 Å². The summed E-state index contributed by atoms with van der Waals surface area (Å²) in [6.45, 7) is 5.29. The first-order chi connectivity index (χ1) is 15.1. The fourth-order valence-corrected chi connectivity index (χ4v) is 3.54. The average Bonchev–Trinajstić information content (AvgIpc) is 3.22. The van der Waals surface area contributed by atoms with Gasteiger partial charge in [0.1, 0.15) is 18.7 Å². The molecule has 0 saturated heterocycles. The number of benzene rings is 3. The molecule has 6 nitrogen and oxygen atoms in total. The Balaban J connectivity index is 1.39. The number of hydrogen-bond donors (Lipinski definition) is 1. The predicted octanol–water partition coefficient (Wildman–Crippen LogP) is 5.64. The van der Waals surface area contributed by atoms with E-state index in [0.717, 1.165) is 16.7 Å². The highest BCUT2D eigenvalue weighted by atomic mass is 16.6. The molecule has 0 unspecified atom stereocenters. The molecule has 1 amide bonds. The quantitative estimate of drug-likeness (QED) is 0.468. The number of nitrogens with one attached hydrogen (secondary N) is 1. The molecule has 1 aromatic heterocycles. The molecule has 156 valence electrons. The van der Waals surface area contributed by atoms with Gasteiger partial charge in [-0.2, -0.15) is 0 Å². The molecule has 31 heavy (non-hydrogen) atoms. The van der Waals surface area contributed by atoms with Gasteiger partial charge in [0.2, 0.25) is 5.89 Å². The Morgan fingerprint density at radius 3 is 2.65 bits per heavy atom. The Kier molecular flexibility index (Phi) is 4.82. The van der Waals surface area contributed by atoms with Crippen molar-refractivity contribution in [2.75, 3.05) is 18.5 Å². The Labute approximate surface area is 179 Å². The summed E-state index contributed by atoms with van der Waals surface area (Å²) in [7, 11) is 0. The van der Waals surface area contributed by atoms with Crippen molar-refractivity contribution in [2.24, 2.45) is 0 Å². The molecule has 0 atom stereocenters. The lowest BCUT2D eigenvalue weighted by Gasteiger charge is -2.18. The maximum atomic E-state index is 12.7. The number of nitrogens with zero attached hydrogens (tertiary/aromatic N) is 1. The summed E-state index contributed by atoms with van der Waals surface area (Å²) in [5.41, 5.74) is 4.73. The van der Waals surface area contributed by atoms with Crippen molar-refractivity contribution < 1.29 is 18.7 Å². The van der Waals surface area contributed by atoms with Crippen LogP contribution < -0.4 is 14.8 Å². The molecule has 1 aliphatic heterocycles. The highest BCUT2D eigenvalue weighted by Gasteiger charge is 2.16. The monoisotopic (exact) mass is 414 g/mol. The topological polar surface area (TPSA) is 73.6 Å². The van der Waals surface area contributed by atoms with Crippen LogP contribution in [0.1, 0.15) is 35.7 Å². The van der Waals surface area contributed by atoms with Crippen LogP contribution >= 0.6 is 0 Å². The van der Waals surface area contributed by atoms with Gasteiger partial charge in [-0.15, -0.1) is 0 Å². The van der Waals surface area contributed by atoms with Crippen molar-refractivity contribution in [1.29, 1.82) is 0 Å². The normalized spacial score (nSPS) is 12.9. The molecular weight excluding hydrogens is 392 g/mol. The van der Waals surface area contributed by atoms with Crippen LogP contribution in [-0.4, -0.2) is 24.1 Å². The summed E-state index contributed by atoms with van der Waals surface area (Å²) in [6, 6.07) is 18.7. The summed E-state index contributed by atoms with van der Waals surface area (Å²) < 4.78 is 17.0. The van der Waals surface area contributed by atoms with Crippen LogP contribution in [0, 0.1) is 0 Å². The molecule has 0 saturated carbocycles. The largest absolute Gasteiger partial charge is 0.486 e. The van der Waals surface area contributed by atoms with Crippen molar-refractivity contribution in [2.45, 2.75) is 19.8 Å². The molecule has 5 rings (SSSR count). The van der Waals surface area contributed by atoms with Gasteiger partial charge < -0.3 is 19.2 Å². The lowest BCUT2D eigenvalue weighted by Crippen LogP contribution is -2.17. The first-order valence-corrected chi connectivity index (χ1v) is 10.3. The number of carbonyl (C=O) groups is 1. The van der Waals surface area contributed by atoms with Gasteiger partial charge in [0.05, 0.1) is 0 Å². The summed E-state index contributed by atoms with van der Waals surface area (Å²) in [5.74, 6) is 1.95. The number of aromatic nitrogens is 1. The van der Waals surface area contributed by atoms with Crippen LogP contribution in [0.15, 0.2) is 65.1 Å². The first-order valence-electron chi connectivity index (χ1n) is 10.3. The third kappa shape index (κ3) is 3.84. The summed E-state index contributed by atoms with van der Waals surface area (Å²) >= 11 is 0. The van der Waals surface area contributed by atoms with E-state index in [4.69, 9.17) is 13.9 Å². The molecule has 2 heterocycles. The van der Waals surface area contributed by atoms with Crippen molar-refractivity contribution >= 4 is 22.7 Å². The van der Waals surface area contributed by atoms with Crippen LogP contribution in [0.2, 0.25) is 0 Å². The Morgan fingerprint density at radius 1 is 0.968 bits per heavy atom. The van der Waals surface area contributed by atoms with Crippen LogP contribution in [0.5, 0.6) is 11.5 Å². The van der Waals surface area contributed by atoms with Gasteiger partial charge in [0.25, 0.3) is 5.91 Å². The second-order valence-corrected chi connectivity index (χ2v) is 7.79. The molecule has 1 N–H and O–H groups in total. The van der Waals surface area contributed by atoms with E-state index in [0.29, 0.717) is 47.8 Å². The standard InChI is InChI=1S/C25H22N2O4/c1-15(2)16-6-8-21-20(13-16)27-25(31-21)18-4-3-5-19(12-18)26-24(28)17-7-9-22-23(14-17)30-11-10-29-22/h3-9,12-15H,10-11H2,1-2H3,(H,26,28). The smallest absolute Gasteiger partial charge is 0.255 e. The van der Waals surface area contributed by atoms with Gasteiger partial charge in [-0.3, -0.25) is 4.79 Å². The molecule has 0 radical (unpaired) electrons. The zero-order valence-electron chi connectivity index (χ0n) is 17.3. The fourth-order valence-electron chi connectivity index (χ4n) is 3.54. The molecule has 4 aromatic rings. The molecule has 0 fully saturated rings. The van der Waals surface area contributed by atoms with Crippen LogP contribution in [-0.2, 0) is 0 Å². The van der Waals surface area contributed by atoms with Gasteiger partial charge in [-0.25, -0.2) is 4.98 Å². The number of fused-ring (bicyclic) bond motifs is 2. The molecule has 6 heteroatoms.